The zero-order valence-electron chi connectivity index (χ0n) is 16.1. The Balaban J connectivity index is 0.000000321. The van der Waals surface area contributed by atoms with Gasteiger partial charge in [0, 0.05) is 23.6 Å². The molecule has 0 radical (unpaired) electrons. The summed E-state index contributed by atoms with van der Waals surface area (Å²) in [5.41, 5.74) is 8.38. The van der Waals surface area contributed by atoms with Gasteiger partial charge in [0.05, 0.1) is 6.42 Å². The summed E-state index contributed by atoms with van der Waals surface area (Å²) in [6, 6.07) is 6.46. The molecule has 9 heteroatoms. The number of phenolic OH excluding ortho intramolecular Hbond substituents is 4. The van der Waals surface area contributed by atoms with E-state index in [2.05, 4.69) is 23.9 Å². The molecule has 1 aliphatic rings. The number of azide groups is 1. The average molecular weight is 401 g/mol. The van der Waals surface area contributed by atoms with Gasteiger partial charge in [0.1, 0.15) is 28.9 Å². The van der Waals surface area contributed by atoms with Crippen LogP contribution < -0.4 is 4.74 Å². The van der Waals surface area contributed by atoms with E-state index in [0.717, 1.165) is 12.5 Å². The fraction of sp³-hybridized carbons (Fsp3) is 0.350. The third-order valence-corrected chi connectivity index (χ3v) is 4.23. The highest BCUT2D eigenvalue weighted by molar-refractivity contribution is 6.02. The molecule has 2 aromatic carbocycles. The van der Waals surface area contributed by atoms with E-state index in [9.17, 15) is 25.2 Å². The lowest BCUT2D eigenvalue weighted by atomic mass is 9.95. The Hall–Kier alpha value is -3.58. The van der Waals surface area contributed by atoms with Crippen LogP contribution in [0.3, 0.4) is 0 Å². The molecule has 0 aliphatic carbocycles. The Morgan fingerprint density at radius 1 is 1.14 bits per heavy atom. The molecule has 0 aromatic heterocycles. The number of carbonyl (C=O) groups excluding carboxylic acids is 1. The van der Waals surface area contributed by atoms with Crippen molar-refractivity contribution >= 4 is 5.78 Å². The first kappa shape index (κ1) is 21.7. The molecular weight excluding hydrogens is 378 g/mol. The monoisotopic (exact) mass is 401 g/mol. The Labute approximate surface area is 167 Å². The number of nitrogens with zero attached hydrogens (tertiary/aromatic N) is 3. The fourth-order valence-corrected chi connectivity index (χ4v) is 2.71. The van der Waals surface area contributed by atoms with E-state index in [1.165, 1.54) is 24.3 Å². The van der Waals surface area contributed by atoms with Crippen molar-refractivity contribution in [1.29, 1.82) is 0 Å². The number of phenols is 4. The lowest BCUT2D eigenvalue weighted by molar-refractivity contribution is 0.0844. The molecule has 0 saturated carbocycles. The zero-order valence-corrected chi connectivity index (χ0v) is 16.1. The molecule has 9 nitrogen and oxygen atoms in total. The molecule has 0 fully saturated rings. The van der Waals surface area contributed by atoms with Crippen molar-refractivity contribution in [1.82, 2.24) is 0 Å². The van der Waals surface area contributed by atoms with Crippen LogP contribution in [0.2, 0.25) is 0 Å². The van der Waals surface area contributed by atoms with Gasteiger partial charge in [0.2, 0.25) is 0 Å². The van der Waals surface area contributed by atoms with Crippen molar-refractivity contribution in [3.63, 3.8) is 0 Å². The first-order chi connectivity index (χ1) is 13.7. The average Bonchev–Trinajstić information content (AvgIpc) is 2.63. The number of aromatic hydroxyl groups is 4. The highest BCUT2D eigenvalue weighted by atomic mass is 16.5. The number of hydrogen-bond acceptors (Lipinski definition) is 7. The maximum atomic E-state index is 12.1. The molecule has 1 unspecified atom stereocenters. The Morgan fingerprint density at radius 2 is 1.86 bits per heavy atom. The van der Waals surface area contributed by atoms with Gasteiger partial charge in [-0.25, -0.2) is 0 Å². The van der Waals surface area contributed by atoms with Crippen LogP contribution in [-0.4, -0.2) is 32.8 Å². The summed E-state index contributed by atoms with van der Waals surface area (Å²) in [6.07, 6.45) is 0.303. The van der Waals surface area contributed by atoms with Crippen LogP contribution in [-0.2, 0) is 0 Å². The molecule has 154 valence electrons. The number of benzene rings is 2. The predicted molar refractivity (Wildman–Crippen MR) is 105 cm³/mol. The lowest BCUT2D eigenvalue weighted by Gasteiger charge is -2.26. The first-order valence-electron chi connectivity index (χ1n) is 9.01. The van der Waals surface area contributed by atoms with Gasteiger partial charge in [0.15, 0.2) is 17.3 Å². The van der Waals surface area contributed by atoms with E-state index in [1.807, 2.05) is 0 Å². The molecular formula is C20H23N3O6. The number of rotatable bonds is 4. The second-order valence-electron chi connectivity index (χ2n) is 6.96. The summed E-state index contributed by atoms with van der Waals surface area (Å²) < 4.78 is 5.61. The van der Waals surface area contributed by atoms with Crippen molar-refractivity contribution in [2.24, 2.45) is 11.0 Å². The van der Waals surface area contributed by atoms with Crippen molar-refractivity contribution in [3.05, 3.63) is 51.9 Å². The van der Waals surface area contributed by atoms with Gasteiger partial charge in [-0.3, -0.25) is 4.79 Å². The minimum absolute atomic E-state index is 0.0183. The molecule has 1 aliphatic heterocycles. The number of carbonyl (C=O) groups is 1. The normalized spacial score (nSPS) is 14.9. The maximum Gasteiger partial charge on any atom is 0.174 e. The van der Waals surface area contributed by atoms with Gasteiger partial charge >= 0.3 is 0 Å². The molecule has 29 heavy (non-hydrogen) atoms. The van der Waals surface area contributed by atoms with Crippen molar-refractivity contribution < 1.29 is 30.0 Å². The number of fused-ring (bicyclic) bond motifs is 1. The van der Waals surface area contributed by atoms with Crippen LogP contribution in [0, 0.1) is 5.92 Å². The van der Waals surface area contributed by atoms with Crippen LogP contribution in [0.5, 0.6) is 28.7 Å². The van der Waals surface area contributed by atoms with Crippen molar-refractivity contribution in [2.75, 3.05) is 6.54 Å². The topological polar surface area (TPSA) is 156 Å². The lowest BCUT2D eigenvalue weighted by Crippen LogP contribution is -2.20. The van der Waals surface area contributed by atoms with Crippen LogP contribution in [0.25, 0.3) is 10.4 Å². The summed E-state index contributed by atoms with van der Waals surface area (Å²) in [5, 5.41) is 41.4. The van der Waals surface area contributed by atoms with E-state index < -0.39 is 6.10 Å². The summed E-state index contributed by atoms with van der Waals surface area (Å²) in [7, 11) is 0. The Bertz CT molecular complexity index is 938. The van der Waals surface area contributed by atoms with Gasteiger partial charge in [0.25, 0.3) is 0 Å². The Morgan fingerprint density at radius 3 is 2.48 bits per heavy atom. The summed E-state index contributed by atoms with van der Waals surface area (Å²) in [5.74, 6) is -0.729. The predicted octanol–water partition coefficient (Wildman–Crippen LogP) is 4.56. The molecule has 1 atom stereocenters. The highest BCUT2D eigenvalue weighted by Gasteiger charge is 2.31. The molecule has 0 amide bonds. The van der Waals surface area contributed by atoms with Gasteiger partial charge in [-0.2, -0.15) is 0 Å². The quantitative estimate of drug-likeness (QED) is 0.255. The first-order valence-corrected chi connectivity index (χ1v) is 9.01. The third kappa shape index (κ3) is 5.70. The molecule has 0 saturated heterocycles. The van der Waals surface area contributed by atoms with Gasteiger partial charge < -0.3 is 25.2 Å². The maximum absolute atomic E-state index is 12.1. The number of hydrogen-bond donors (Lipinski definition) is 4. The Kier molecular flexibility index (Phi) is 7.16. The molecule has 4 N–H and O–H groups in total. The number of ether oxygens (including phenoxy) is 1. The van der Waals surface area contributed by atoms with Gasteiger partial charge in [-0.1, -0.05) is 25.0 Å². The minimum atomic E-state index is -0.669. The van der Waals surface area contributed by atoms with E-state index in [4.69, 9.17) is 10.3 Å². The third-order valence-electron chi connectivity index (χ3n) is 4.23. The number of ketones is 1. The smallest absolute Gasteiger partial charge is 0.174 e. The van der Waals surface area contributed by atoms with Crippen molar-refractivity contribution in [3.8, 4) is 28.7 Å². The van der Waals surface area contributed by atoms with Crippen LogP contribution >= 0.6 is 0 Å². The zero-order chi connectivity index (χ0) is 21.6. The van der Waals surface area contributed by atoms with Crippen LogP contribution in [0.4, 0.5) is 0 Å². The van der Waals surface area contributed by atoms with E-state index in [0.29, 0.717) is 18.0 Å². The van der Waals surface area contributed by atoms with Crippen LogP contribution in [0.1, 0.15) is 48.7 Å². The van der Waals surface area contributed by atoms with Crippen molar-refractivity contribution in [2.45, 2.75) is 32.8 Å². The fourth-order valence-electron chi connectivity index (χ4n) is 2.71. The van der Waals surface area contributed by atoms with E-state index in [-0.39, 0.29) is 46.5 Å². The van der Waals surface area contributed by atoms with Gasteiger partial charge in [-0.05, 0) is 35.6 Å². The minimum Gasteiger partial charge on any atom is -0.508 e. The molecule has 0 spiro atoms. The van der Waals surface area contributed by atoms with Crippen LogP contribution in [0.15, 0.2) is 35.4 Å². The highest BCUT2D eigenvalue weighted by Crippen LogP contribution is 2.42. The van der Waals surface area contributed by atoms with E-state index in [1.54, 1.807) is 0 Å². The molecule has 0 bridgehead atoms. The largest absolute Gasteiger partial charge is 0.508 e. The standard InChI is InChI=1S/C15H12O6.C5H11N3/c16-8-4-11(19)15-12(20)6-13(21-14(15)5-8)7-1-2-9(17)10(18)3-7;1-5(2)3-4-7-8-6/h1-5,13,16-19H,6H2;5H,3-4H2,1-2H3. The summed E-state index contributed by atoms with van der Waals surface area (Å²) >= 11 is 0. The number of Topliss-reactive ketones (excluding diaryl/α,β-unsaturated/α-hetero) is 1. The second-order valence-corrected chi connectivity index (χ2v) is 6.96. The summed E-state index contributed by atoms with van der Waals surface area (Å²) in [6.45, 7) is 4.84. The second kappa shape index (κ2) is 9.57. The molecule has 2 aromatic rings. The van der Waals surface area contributed by atoms with Gasteiger partial charge in [-0.15, -0.1) is 0 Å². The SMILES string of the molecule is CC(C)CCN=[N+]=[N-].O=C1CC(c2ccc(O)c(O)c2)Oc2cc(O)cc(O)c21. The molecule has 3 rings (SSSR count). The molecule has 1 heterocycles. The van der Waals surface area contributed by atoms with E-state index >= 15 is 0 Å². The summed E-state index contributed by atoms with van der Waals surface area (Å²) in [4.78, 5) is 14.8.